The van der Waals surface area contributed by atoms with E-state index in [1.807, 2.05) is 0 Å². The van der Waals surface area contributed by atoms with Gasteiger partial charge in [-0.05, 0) is 6.42 Å². The van der Waals surface area contributed by atoms with Gasteiger partial charge in [0.05, 0.1) is 12.8 Å². The van der Waals surface area contributed by atoms with Crippen molar-refractivity contribution in [2.45, 2.75) is 6.42 Å². The number of nitrogens with zero attached hydrogens (tertiary/aromatic N) is 1. The van der Waals surface area contributed by atoms with Gasteiger partial charge in [0, 0.05) is 26.8 Å². The molecule has 0 bridgehead atoms. The van der Waals surface area contributed by atoms with Crippen LogP contribution in [0.2, 0.25) is 0 Å². The summed E-state index contributed by atoms with van der Waals surface area (Å²) >= 11 is 0. The van der Waals surface area contributed by atoms with Gasteiger partial charge in [-0.3, -0.25) is 4.79 Å². The Balaban J connectivity index is 4.09. The first-order valence-corrected chi connectivity index (χ1v) is 7.08. The van der Waals surface area contributed by atoms with Gasteiger partial charge in [-0.2, -0.15) is 4.31 Å². The van der Waals surface area contributed by atoms with E-state index >= 15 is 0 Å². The predicted molar refractivity (Wildman–Crippen MR) is 66.1 cm³/mol. The molecule has 0 radical (unpaired) electrons. The molecule has 0 atom stereocenters. The molecule has 0 saturated carbocycles. The topological polar surface area (TPSA) is 75.7 Å². The number of carbonyl (C=O) groups excluding carboxylic acids is 1. The number of sulfonamides is 1. The molecule has 0 saturated heterocycles. The summed E-state index contributed by atoms with van der Waals surface area (Å²) in [5.41, 5.74) is 0. The Morgan fingerprint density at radius 3 is 2.65 bits per heavy atom. The Kier molecular flexibility index (Phi) is 7.77. The second kappa shape index (κ2) is 8.21. The van der Waals surface area contributed by atoms with Crippen LogP contribution in [0, 0.1) is 0 Å². The summed E-state index contributed by atoms with van der Waals surface area (Å²) in [4.78, 5) is 11.4. The van der Waals surface area contributed by atoms with E-state index in [2.05, 4.69) is 11.9 Å². The van der Waals surface area contributed by atoms with Crippen LogP contribution < -0.4 is 5.32 Å². The van der Waals surface area contributed by atoms with Crippen LogP contribution in [0.4, 0.5) is 0 Å². The fraction of sp³-hybridized carbons (Fsp3) is 0.700. The molecule has 0 aromatic rings. The summed E-state index contributed by atoms with van der Waals surface area (Å²) in [5, 5.41) is 2.62. The van der Waals surface area contributed by atoms with Crippen LogP contribution in [0.25, 0.3) is 0 Å². The van der Waals surface area contributed by atoms with Gasteiger partial charge in [0.15, 0.2) is 0 Å². The minimum atomic E-state index is -3.38. The number of hydrogen-bond donors (Lipinski definition) is 1. The summed E-state index contributed by atoms with van der Waals surface area (Å²) in [6, 6.07) is 0. The van der Waals surface area contributed by atoms with E-state index in [1.165, 1.54) is 6.08 Å². The van der Waals surface area contributed by atoms with Crippen LogP contribution in [0.1, 0.15) is 6.42 Å². The average molecular weight is 264 g/mol. The van der Waals surface area contributed by atoms with Crippen molar-refractivity contribution in [1.29, 1.82) is 0 Å². The zero-order chi connectivity index (χ0) is 13.3. The number of hydrogen-bond acceptors (Lipinski definition) is 4. The van der Waals surface area contributed by atoms with Crippen LogP contribution in [0.3, 0.4) is 0 Å². The van der Waals surface area contributed by atoms with Crippen molar-refractivity contribution in [3.63, 3.8) is 0 Å². The van der Waals surface area contributed by atoms with E-state index in [4.69, 9.17) is 4.74 Å². The smallest absolute Gasteiger partial charge is 0.235 e. The minimum Gasteiger partial charge on any atom is -0.385 e. The minimum absolute atomic E-state index is 0.129. The molecular formula is C10H20N2O4S. The summed E-state index contributed by atoms with van der Waals surface area (Å²) in [7, 11) is -1.80. The highest BCUT2D eigenvalue weighted by Crippen LogP contribution is 1.97. The average Bonchev–Trinajstić information content (AvgIpc) is 2.22. The highest BCUT2D eigenvalue weighted by Gasteiger charge is 2.18. The standard InChI is InChI=1S/C10H20N2O4S/c1-4-7-12(17(3,14)15)9-10(13)11-6-5-8-16-2/h4H,1,5-9H2,2-3H3,(H,11,13). The lowest BCUT2D eigenvalue weighted by molar-refractivity contribution is -0.121. The van der Waals surface area contributed by atoms with Gasteiger partial charge in [-0.25, -0.2) is 8.42 Å². The summed E-state index contributed by atoms with van der Waals surface area (Å²) in [6.45, 7) is 4.43. The molecule has 17 heavy (non-hydrogen) atoms. The normalized spacial score (nSPS) is 11.5. The van der Waals surface area contributed by atoms with Crippen molar-refractivity contribution in [1.82, 2.24) is 9.62 Å². The zero-order valence-corrected chi connectivity index (χ0v) is 11.1. The summed E-state index contributed by atoms with van der Waals surface area (Å²) < 4.78 is 28.5. The molecule has 0 aromatic carbocycles. The van der Waals surface area contributed by atoms with Crippen LogP contribution in [0.15, 0.2) is 12.7 Å². The van der Waals surface area contributed by atoms with Gasteiger partial charge in [0.2, 0.25) is 15.9 Å². The number of amides is 1. The molecule has 6 nitrogen and oxygen atoms in total. The second-order valence-electron chi connectivity index (χ2n) is 3.54. The first kappa shape index (κ1) is 16.1. The predicted octanol–water partition coefficient (Wildman–Crippen LogP) is -0.413. The van der Waals surface area contributed by atoms with Gasteiger partial charge < -0.3 is 10.1 Å². The molecule has 0 aliphatic heterocycles. The van der Waals surface area contributed by atoms with E-state index in [0.29, 0.717) is 19.6 Å². The third-order valence-corrected chi connectivity index (χ3v) is 3.19. The Hall–Kier alpha value is -0.920. The second-order valence-corrected chi connectivity index (χ2v) is 5.52. The molecule has 0 heterocycles. The molecule has 0 aliphatic rings. The van der Waals surface area contributed by atoms with E-state index in [-0.39, 0.29) is 19.0 Å². The maximum Gasteiger partial charge on any atom is 0.235 e. The van der Waals surface area contributed by atoms with Crippen LogP contribution in [0.5, 0.6) is 0 Å². The van der Waals surface area contributed by atoms with Crippen molar-refractivity contribution in [3.05, 3.63) is 12.7 Å². The number of rotatable bonds is 9. The van der Waals surface area contributed by atoms with Crippen molar-refractivity contribution in [2.75, 3.05) is 39.6 Å². The SMILES string of the molecule is C=CCN(CC(=O)NCCCOC)S(C)(=O)=O. The van der Waals surface area contributed by atoms with E-state index in [9.17, 15) is 13.2 Å². The van der Waals surface area contributed by atoms with Gasteiger partial charge in [-0.1, -0.05) is 6.08 Å². The molecule has 7 heteroatoms. The van der Waals surface area contributed by atoms with Crippen LogP contribution in [-0.2, 0) is 19.6 Å². The Labute approximate surface area is 103 Å². The summed E-state index contributed by atoms with van der Waals surface area (Å²) in [6.07, 6.45) is 3.20. The van der Waals surface area contributed by atoms with Crippen LogP contribution >= 0.6 is 0 Å². The lowest BCUT2D eigenvalue weighted by Gasteiger charge is -2.17. The maximum absolute atomic E-state index is 11.4. The molecule has 0 fully saturated rings. The number of carbonyl (C=O) groups is 1. The van der Waals surface area contributed by atoms with Crippen molar-refractivity contribution in [2.24, 2.45) is 0 Å². The first-order valence-electron chi connectivity index (χ1n) is 5.23. The van der Waals surface area contributed by atoms with Crippen molar-refractivity contribution < 1.29 is 17.9 Å². The van der Waals surface area contributed by atoms with Gasteiger partial charge >= 0.3 is 0 Å². The third kappa shape index (κ3) is 7.89. The third-order valence-electron chi connectivity index (χ3n) is 1.97. The lowest BCUT2D eigenvalue weighted by Crippen LogP contribution is -2.40. The number of ether oxygens (including phenoxy) is 1. The molecule has 0 spiro atoms. The first-order chi connectivity index (χ1) is 7.91. The molecule has 0 aliphatic carbocycles. The quantitative estimate of drug-likeness (QED) is 0.453. The Morgan fingerprint density at radius 1 is 1.53 bits per heavy atom. The molecule has 0 aromatic heterocycles. The highest BCUT2D eigenvalue weighted by molar-refractivity contribution is 7.88. The largest absolute Gasteiger partial charge is 0.385 e. The lowest BCUT2D eigenvalue weighted by atomic mass is 10.4. The molecule has 1 amide bonds. The Bertz CT molecular complexity index is 340. The Morgan fingerprint density at radius 2 is 2.18 bits per heavy atom. The molecule has 0 rings (SSSR count). The zero-order valence-electron chi connectivity index (χ0n) is 10.3. The number of nitrogens with one attached hydrogen (secondary N) is 1. The summed E-state index contributed by atoms with van der Waals surface area (Å²) in [5.74, 6) is -0.326. The highest BCUT2D eigenvalue weighted by atomic mass is 32.2. The van der Waals surface area contributed by atoms with E-state index in [0.717, 1.165) is 10.6 Å². The molecule has 100 valence electrons. The van der Waals surface area contributed by atoms with E-state index < -0.39 is 10.0 Å². The van der Waals surface area contributed by atoms with E-state index in [1.54, 1.807) is 7.11 Å². The van der Waals surface area contributed by atoms with Gasteiger partial charge in [-0.15, -0.1) is 6.58 Å². The molecular weight excluding hydrogens is 244 g/mol. The van der Waals surface area contributed by atoms with Crippen molar-refractivity contribution in [3.8, 4) is 0 Å². The van der Waals surface area contributed by atoms with Gasteiger partial charge in [0.25, 0.3) is 0 Å². The van der Waals surface area contributed by atoms with Gasteiger partial charge in [0.1, 0.15) is 0 Å². The maximum atomic E-state index is 11.4. The van der Waals surface area contributed by atoms with Crippen molar-refractivity contribution >= 4 is 15.9 Å². The fourth-order valence-corrected chi connectivity index (χ4v) is 1.85. The fourth-order valence-electron chi connectivity index (χ4n) is 1.12. The molecule has 1 N–H and O–H groups in total. The van der Waals surface area contributed by atoms with Crippen LogP contribution in [-0.4, -0.2) is 58.2 Å². The number of methoxy groups -OCH3 is 1. The monoisotopic (exact) mass is 264 g/mol. The molecule has 0 unspecified atom stereocenters.